The molecule has 2 atom stereocenters. The van der Waals surface area contributed by atoms with Crippen LogP contribution in [-0.2, 0) is 15.1 Å². The van der Waals surface area contributed by atoms with E-state index in [1.54, 1.807) is 0 Å². The number of nitrogens with zero attached hydrogens (tertiary/aromatic N) is 1. The second kappa shape index (κ2) is 6.25. The van der Waals surface area contributed by atoms with Gasteiger partial charge in [-0.25, -0.2) is 0 Å². The predicted molar refractivity (Wildman–Crippen MR) is 96.5 cm³/mol. The Morgan fingerprint density at radius 1 is 1.48 bits per heavy atom. The average molecular weight is 376 g/mol. The van der Waals surface area contributed by atoms with E-state index in [9.17, 15) is 4.79 Å². The minimum atomic E-state index is -0.919. The van der Waals surface area contributed by atoms with Crippen LogP contribution in [0.15, 0.2) is 46.5 Å². The highest BCUT2D eigenvalue weighted by Gasteiger charge is 2.56. The summed E-state index contributed by atoms with van der Waals surface area (Å²) in [5.74, 6) is 0.0302. The second-order valence-electron chi connectivity index (χ2n) is 6.42. The van der Waals surface area contributed by atoms with Crippen molar-refractivity contribution >= 4 is 27.5 Å². The van der Waals surface area contributed by atoms with Gasteiger partial charge in [0.15, 0.2) is 5.60 Å². The first-order valence-corrected chi connectivity index (χ1v) is 8.82. The zero-order chi connectivity index (χ0) is 16.6. The van der Waals surface area contributed by atoms with Gasteiger partial charge in [-0.3, -0.25) is 4.79 Å². The van der Waals surface area contributed by atoms with E-state index in [0.29, 0.717) is 13.2 Å². The van der Waals surface area contributed by atoms with E-state index >= 15 is 0 Å². The van der Waals surface area contributed by atoms with E-state index in [1.807, 2.05) is 36.9 Å². The van der Waals surface area contributed by atoms with Crippen molar-refractivity contribution in [1.82, 2.24) is 0 Å². The first kappa shape index (κ1) is 16.5. The van der Waals surface area contributed by atoms with Crippen LogP contribution in [0.4, 0.5) is 5.69 Å². The maximum absolute atomic E-state index is 13.4. The molecule has 0 saturated carbocycles. The Kier molecular flexibility index (Phi) is 4.47. The van der Waals surface area contributed by atoms with Gasteiger partial charge in [-0.15, -0.1) is 0 Å². The monoisotopic (exact) mass is 375 g/mol. The molecule has 3 nitrogen and oxygen atoms in total. The van der Waals surface area contributed by atoms with Gasteiger partial charge in [0.1, 0.15) is 0 Å². The van der Waals surface area contributed by atoms with Crippen LogP contribution in [0.5, 0.6) is 0 Å². The first-order valence-electron chi connectivity index (χ1n) is 8.03. The number of ether oxygens (including phenoxy) is 1. The summed E-state index contributed by atoms with van der Waals surface area (Å²) in [5, 5.41) is 0. The van der Waals surface area contributed by atoms with E-state index in [4.69, 9.17) is 4.74 Å². The molecule has 0 unspecified atom stereocenters. The molecule has 2 heterocycles. The zero-order valence-corrected chi connectivity index (χ0v) is 15.4. The maximum Gasteiger partial charge on any atom is 0.264 e. The molecule has 3 rings (SSSR count). The molecule has 122 valence electrons. The Morgan fingerprint density at radius 3 is 3.00 bits per heavy atom. The van der Waals surface area contributed by atoms with Crippen molar-refractivity contribution in [2.75, 3.05) is 18.1 Å². The number of hydrogen-bond donors (Lipinski definition) is 0. The molecule has 1 amide bonds. The lowest BCUT2D eigenvalue weighted by atomic mass is 9.83. The largest absolute Gasteiger partial charge is 0.359 e. The van der Waals surface area contributed by atoms with E-state index in [0.717, 1.165) is 22.1 Å². The standard InChI is InChI=1S/C19H22BrNO2/c1-13(2)10-11-21-16-9-6-8-15(20)17(16)19(18(21)22)14(3)7-4-5-12-23-19/h4,6-10,14H,5,11-12H2,1-3H3/t14-,19-/m1/s1. The molecule has 2 aliphatic rings. The van der Waals surface area contributed by atoms with Crippen molar-refractivity contribution < 1.29 is 9.53 Å². The van der Waals surface area contributed by atoms with Crippen LogP contribution < -0.4 is 4.90 Å². The van der Waals surface area contributed by atoms with Crippen molar-refractivity contribution in [1.29, 1.82) is 0 Å². The molecular formula is C19H22BrNO2. The fourth-order valence-electron chi connectivity index (χ4n) is 3.39. The molecule has 23 heavy (non-hydrogen) atoms. The number of carbonyl (C=O) groups is 1. The molecule has 0 aromatic heterocycles. The van der Waals surface area contributed by atoms with Gasteiger partial charge in [0, 0.05) is 22.5 Å². The molecule has 0 aliphatic carbocycles. The molecule has 0 saturated heterocycles. The molecule has 2 aliphatic heterocycles. The summed E-state index contributed by atoms with van der Waals surface area (Å²) < 4.78 is 7.15. The zero-order valence-electron chi connectivity index (χ0n) is 13.8. The average Bonchev–Trinajstić information content (AvgIpc) is 2.62. The van der Waals surface area contributed by atoms with Gasteiger partial charge in [0.25, 0.3) is 5.91 Å². The fourth-order valence-corrected chi connectivity index (χ4v) is 4.04. The molecule has 1 aromatic rings. The topological polar surface area (TPSA) is 29.5 Å². The van der Waals surface area contributed by atoms with Crippen molar-refractivity contribution in [2.24, 2.45) is 5.92 Å². The van der Waals surface area contributed by atoms with Crippen LogP contribution in [0.2, 0.25) is 0 Å². The minimum Gasteiger partial charge on any atom is -0.359 e. The number of anilines is 1. The van der Waals surface area contributed by atoms with Crippen LogP contribution in [0.3, 0.4) is 0 Å². The lowest BCUT2D eigenvalue weighted by Crippen LogP contribution is -2.46. The summed E-state index contributed by atoms with van der Waals surface area (Å²) in [5.41, 5.74) is 2.19. The Hall–Kier alpha value is -1.39. The number of fused-ring (bicyclic) bond motifs is 2. The molecule has 0 N–H and O–H groups in total. The third-order valence-electron chi connectivity index (χ3n) is 4.58. The lowest BCUT2D eigenvalue weighted by molar-refractivity contribution is -0.148. The third kappa shape index (κ3) is 2.58. The van der Waals surface area contributed by atoms with Crippen LogP contribution >= 0.6 is 15.9 Å². The highest BCUT2D eigenvalue weighted by Crippen LogP contribution is 2.51. The normalized spacial score (nSPS) is 26.3. The second-order valence-corrected chi connectivity index (χ2v) is 7.28. The van der Waals surface area contributed by atoms with Gasteiger partial charge < -0.3 is 9.64 Å². The van der Waals surface area contributed by atoms with Gasteiger partial charge in [-0.05, 0) is 32.4 Å². The smallest absolute Gasteiger partial charge is 0.264 e. The van der Waals surface area contributed by atoms with Crippen molar-refractivity contribution in [3.05, 3.63) is 52.0 Å². The number of hydrogen-bond acceptors (Lipinski definition) is 2. The van der Waals surface area contributed by atoms with Crippen molar-refractivity contribution in [3.8, 4) is 0 Å². The highest BCUT2D eigenvalue weighted by atomic mass is 79.9. The van der Waals surface area contributed by atoms with Gasteiger partial charge in [0.05, 0.1) is 12.3 Å². The predicted octanol–water partition coefficient (Wildman–Crippen LogP) is 4.57. The van der Waals surface area contributed by atoms with Crippen LogP contribution in [0.25, 0.3) is 0 Å². The van der Waals surface area contributed by atoms with Crippen LogP contribution in [-0.4, -0.2) is 19.1 Å². The molecule has 0 fully saturated rings. The van der Waals surface area contributed by atoms with Crippen LogP contribution in [0.1, 0.15) is 32.8 Å². The summed E-state index contributed by atoms with van der Waals surface area (Å²) >= 11 is 3.65. The number of halogens is 1. The quantitative estimate of drug-likeness (QED) is 0.708. The van der Waals surface area contributed by atoms with Gasteiger partial charge in [-0.1, -0.05) is 52.7 Å². The molecule has 4 heteroatoms. The number of benzene rings is 1. The summed E-state index contributed by atoms with van der Waals surface area (Å²) in [6, 6.07) is 5.97. The van der Waals surface area contributed by atoms with Gasteiger partial charge in [0.2, 0.25) is 0 Å². The maximum atomic E-state index is 13.4. The van der Waals surface area contributed by atoms with Crippen molar-refractivity contribution in [3.63, 3.8) is 0 Å². The Balaban J connectivity index is 2.17. The minimum absolute atomic E-state index is 0.00773. The number of allylic oxidation sites excluding steroid dienone is 1. The summed E-state index contributed by atoms with van der Waals surface area (Å²) in [6.07, 6.45) is 7.15. The number of amides is 1. The van der Waals surface area contributed by atoms with Gasteiger partial charge in [-0.2, -0.15) is 0 Å². The molecule has 1 aromatic carbocycles. The molecule has 0 radical (unpaired) electrons. The number of rotatable bonds is 2. The number of carbonyl (C=O) groups excluding carboxylic acids is 1. The van der Waals surface area contributed by atoms with E-state index in [1.165, 1.54) is 5.57 Å². The third-order valence-corrected chi connectivity index (χ3v) is 5.24. The van der Waals surface area contributed by atoms with E-state index in [2.05, 4.69) is 41.1 Å². The lowest BCUT2D eigenvalue weighted by Gasteiger charge is -2.32. The Bertz CT molecular complexity index is 691. The summed E-state index contributed by atoms with van der Waals surface area (Å²) in [7, 11) is 0. The highest BCUT2D eigenvalue weighted by molar-refractivity contribution is 9.10. The molecule has 0 bridgehead atoms. The van der Waals surface area contributed by atoms with E-state index < -0.39 is 5.60 Å². The van der Waals surface area contributed by atoms with Crippen molar-refractivity contribution in [2.45, 2.75) is 32.8 Å². The Labute approximate surface area is 146 Å². The molecule has 1 spiro atoms. The summed E-state index contributed by atoms with van der Waals surface area (Å²) in [4.78, 5) is 15.2. The SMILES string of the molecule is CC(C)=CCN1C(=O)[C@]2(OCCC=C[C@H]2C)c2c(Br)cccc21. The Morgan fingerprint density at radius 2 is 2.26 bits per heavy atom. The first-order chi connectivity index (χ1) is 11.0. The fraction of sp³-hybridized carbons (Fsp3) is 0.421. The molecular weight excluding hydrogens is 354 g/mol. The van der Waals surface area contributed by atoms with Crippen LogP contribution in [0, 0.1) is 5.92 Å². The van der Waals surface area contributed by atoms with E-state index in [-0.39, 0.29) is 11.8 Å². The summed E-state index contributed by atoms with van der Waals surface area (Å²) in [6.45, 7) is 7.29. The van der Waals surface area contributed by atoms with Gasteiger partial charge >= 0.3 is 0 Å².